The molecule has 0 aliphatic carbocycles. The molecule has 0 aliphatic heterocycles. The highest BCUT2D eigenvalue weighted by Gasteiger charge is 2.13. The summed E-state index contributed by atoms with van der Waals surface area (Å²) in [5.74, 6) is 1.02. The van der Waals surface area contributed by atoms with Gasteiger partial charge in [0.25, 0.3) is 0 Å². The van der Waals surface area contributed by atoms with E-state index in [2.05, 4.69) is 15.3 Å². The number of aliphatic hydroxyl groups is 1. The fourth-order valence-corrected chi connectivity index (χ4v) is 1.22. The lowest BCUT2D eigenvalue weighted by molar-refractivity contribution is 0.0942. The Balaban J connectivity index is 2.75. The average molecular weight is 239 g/mol. The van der Waals surface area contributed by atoms with Crippen LogP contribution in [0.4, 0.5) is 5.95 Å². The minimum absolute atomic E-state index is 0.0754. The number of aryl methyl sites for hydroxylation is 1. The molecule has 0 aromatic carbocycles. The summed E-state index contributed by atoms with van der Waals surface area (Å²) in [4.78, 5) is 8.45. The summed E-state index contributed by atoms with van der Waals surface area (Å²) < 4.78 is 5.51. The second-order valence-corrected chi connectivity index (χ2v) is 5.00. The standard InChI is InChI=1S/C12H21N3O2/c1-8(2)17-10-6-9(3)14-11(15-10)13-7-12(4,5)16/h6,8,16H,7H2,1-5H3,(H,13,14,15). The van der Waals surface area contributed by atoms with E-state index in [1.807, 2.05) is 20.8 Å². The molecule has 1 heterocycles. The van der Waals surface area contributed by atoms with Crippen molar-refractivity contribution in [3.63, 3.8) is 0 Å². The summed E-state index contributed by atoms with van der Waals surface area (Å²) in [6.45, 7) is 9.60. The van der Waals surface area contributed by atoms with Crippen LogP contribution in [-0.4, -0.2) is 33.3 Å². The maximum atomic E-state index is 9.61. The van der Waals surface area contributed by atoms with Crippen LogP contribution in [0.3, 0.4) is 0 Å². The van der Waals surface area contributed by atoms with Gasteiger partial charge in [-0.3, -0.25) is 0 Å². The summed E-state index contributed by atoms with van der Waals surface area (Å²) in [6, 6.07) is 1.79. The van der Waals surface area contributed by atoms with Gasteiger partial charge in [-0.15, -0.1) is 0 Å². The predicted octanol–water partition coefficient (Wildman–Crippen LogP) is 1.76. The molecule has 0 radical (unpaired) electrons. The third-order valence-electron chi connectivity index (χ3n) is 1.87. The number of nitrogens with one attached hydrogen (secondary N) is 1. The number of rotatable bonds is 5. The Bertz CT molecular complexity index is 373. The molecule has 0 amide bonds. The highest BCUT2D eigenvalue weighted by Crippen LogP contribution is 2.14. The first-order valence-corrected chi connectivity index (χ1v) is 5.75. The van der Waals surface area contributed by atoms with Crippen molar-refractivity contribution in [2.45, 2.75) is 46.3 Å². The summed E-state index contributed by atoms with van der Waals surface area (Å²) in [5.41, 5.74) is 0.0283. The van der Waals surface area contributed by atoms with Crippen LogP contribution in [0.5, 0.6) is 5.88 Å². The van der Waals surface area contributed by atoms with Gasteiger partial charge in [-0.1, -0.05) is 0 Å². The molecule has 0 saturated heterocycles. The molecule has 2 N–H and O–H groups in total. The molecule has 0 aliphatic rings. The van der Waals surface area contributed by atoms with Crippen molar-refractivity contribution in [2.24, 2.45) is 0 Å². The highest BCUT2D eigenvalue weighted by molar-refractivity contribution is 5.31. The van der Waals surface area contributed by atoms with Gasteiger partial charge in [-0.05, 0) is 34.6 Å². The topological polar surface area (TPSA) is 67.3 Å². The third-order valence-corrected chi connectivity index (χ3v) is 1.87. The Labute approximate surface area is 102 Å². The fraction of sp³-hybridized carbons (Fsp3) is 0.667. The van der Waals surface area contributed by atoms with Gasteiger partial charge in [-0.2, -0.15) is 4.98 Å². The molecule has 0 saturated carbocycles. The van der Waals surface area contributed by atoms with Crippen molar-refractivity contribution in [2.75, 3.05) is 11.9 Å². The van der Waals surface area contributed by atoms with Gasteiger partial charge >= 0.3 is 0 Å². The number of anilines is 1. The van der Waals surface area contributed by atoms with Crippen LogP contribution in [0, 0.1) is 6.92 Å². The van der Waals surface area contributed by atoms with Crippen molar-refractivity contribution in [3.8, 4) is 5.88 Å². The molecule has 5 heteroatoms. The lowest BCUT2D eigenvalue weighted by Crippen LogP contribution is -2.30. The first kappa shape index (κ1) is 13.7. The van der Waals surface area contributed by atoms with Crippen molar-refractivity contribution in [1.29, 1.82) is 0 Å². The lowest BCUT2D eigenvalue weighted by atomic mass is 10.1. The molecule has 0 unspecified atom stereocenters. The fourth-order valence-electron chi connectivity index (χ4n) is 1.22. The lowest BCUT2D eigenvalue weighted by Gasteiger charge is -2.18. The Hall–Kier alpha value is -1.36. The Morgan fingerprint density at radius 3 is 2.59 bits per heavy atom. The third kappa shape index (κ3) is 5.49. The van der Waals surface area contributed by atoms with Crippen LogP contribution in [-0.2, 0) is 0 Å². The van der Waals surface area contributed by atoms with E-state index in [-0.39, 0.29) is 6.10 Å². The minimum atomic E-state index is -0.799. The van der Waals surface area contributed by atoms with Gasteiger partial charge in [0.2, 0.25) is 11.8 Å². The second kappa shape index (κ2) is 5.31. The molecular weight excluding hydrogens is 218 g/mol. The maximum absolute atomic E-state index is 9.61. The Morgan fingerprint density at radius 2 is 2.06 bits per heavy atom. The molecule has 17 heavy (non-hydrogen) atoms. The van der Waals surface area contributed by atoms with E-state index in [9.17, 15) is 5.11 Å². The van der Waals surface area contributed by atoms with Crippen molar-refractivity contribution in [1.82, 2.24) is 9.97 Å². The van der Waals surface area contributed by atoms with Crippen LogP contribution < -0.4 is 10.1 Å². The Kier molecular flexibility index (Phi) is 4.28. The van der Waals surface area contributed by atoms with E-state index in [0.717, 1.165) is 5.69 Å². The molecule has 0 atom stereocenters. The zero-order chi connectivity index (χ0) is 13.1. The average Bonchev–Trinajstić information content (AvgIpc) is 2.11. The van der Waals surface area contributed by atoms with Crippen molar-refractivity contribution in [3.05, 3.63) is 11.8 Å². The monoisotopic (exact) mass is 239 g/mol. The van der Waals surface area contributed by atoms with Gasteiger partial charge in [0.05, 0.1) is 11.7 Å². The molecule has 96 valence electrons. The normalized spacial score (nSPS) is 11.7. The largest absolute Gasteiger partial charge is 0.475 e. The zero-order valence-corrected chi connectivity index (χ0v) is 11.1. The number of aromatic nitrogens is 2. The van der Waals surface area contributed by atoms with E-state index in [1.165, 1.54) is 0 Å². The van der Waals surface area contributed by atoms with Gasteiger partial charge in [-0.25, -0.2) is 4.98 Å². The molecule has 1 aromatic rings. The molecule has 1 rings (SSSR count). The van der Waals surface area contributed by atoms with E-state index >= 15 is 0 Å². The predicted molar refractivity (Wildman–Crippen MR) is 67.3 cm³/mol. The number of ether oxygens (including phenoxy) is 1. The van der Waals surface area contributed by atoms with E-state index in [0.29, 0.717) is 18.4 Å². The van der Waals surface area contributed by atoms with E-state index in [1.54, 1.807) is 19.9 Å². The van der Waals surface area contributed by atoms with Gasteiger partial charge in [0.15, 0.2) is 0 Å². The minimum Gasteiger partial charge on any atom is -0.475 e. The van der Waals surface area contributed by atoms with Crippen LogP contribution in [0.2, 0.25) is 0 Å². The quantitative estimate of drug-likeness (QED) is 0.819. The summed E-state index contributed by atoms with van der Waals surface area (Å²) in [6.07, 6.45) is 0.0754. The first-order chi connectivity index (χ1) is 7.76. The van der Waals surface area contributed by atoms with E-state index < -0.39 is 5.60 Å². The second-order valence-electron chi connectivity index (χ2n) is 5.00. The van der Waals surface area contributed by atoms with Crippen molar-refractivity contribution >= 4 is 5.95 Å². The zero-order valence-electron chi connectivity index (χ0n) is 11.1. The number of hydrogen-bond donors (Lipinski definition) is 2. The molecular formula is C12H21N3O2. The number of hydrogen-bond acceptors (Lipinski definition) is 5. The summed E-state index contributed by atoms with van der Waals surface area (Å²) in [7, 11) is 0. The van der Waals surface area contributed by atoms with Crippen LogP contribution in [0.25, 0.3) is 0 Å². The van der Waals surface area contributed by atoms with E-state index in [4.69, 9.17) is 4.74 Å². The van der Waals surface area contributed by atoms with Crippen LogP contribution in [0.15, 0.2) is 6.07 Å². The highest BCUT2D eigenvalue weighted by atomic mass is 16.5. The van der Waals surface area contributed by atoms with Crippen LogP contribution >= 0.6 is 0 Å². The SMILES string of the molecule is Cc1cc(OC(C)C)nc(NCC(C)(C)O)n1. The first-order valence-electron chi connectivity index (χ1n) is 5.75. The molecule has 1 aromatic heterocycles. The number of nitrogens with zero attached hydrogens (tertiary/aromatic N) is 2. The van der Waals surface area contributed by atoms with Gasteiger partial charge < -0.3 is 15.2 Å². The maximum Gasteiger partial charge on any atom is 0.226 e. The summed E-state index contributed by atoms with van der Waals surface area (Å²) >= 11 is 0. The molecule has 5 nitrogen and oxygen atoms in total. The smallest absolute Gasteiger partial charge is 0.226 e. The molecule has 0 fully saturated rings. The van der Waals surface area contributed by atoms with Gasteiger partial charge in [0, 0.05) is 18.3 Å². The Morgan fingerprint density at radius 1 is 1.41 bits per heavy atom. The molecule has 0 spiro atoms. The summed E-state index contributed by atoms with van der Waals surface area (Å²) in [5, 5.41) is 12.6. The van der Waals surface area contributed by atoms with Gasteiger partial charge in [0.1, 0.15) is 0 Å². The van der Waals surface area contributed by atoms with Crippen molar-refractivity contribution < 1.29 is 9.84 Å². The van der Waals surface area contributed by atoms with Crippen LogP contribution in [0.1, 0.15) is 33.4 Å². The molecule has 0 bridgehead atoms.